The smallest absolute Gasteiger partial charge is 0.322 e. The quantitative estimate of drug-likeness (QED) is 0.320. The maximum atomic E-state index is 13.3. The molecule has 0 spiro atoms. The van der Waals surface area contributed by atoms with E-state index in [-0.39, 0.29) is 11.8 Å². The maximum absolute atomic E-state index is 13.3. The minimum atomic E-state index is -0.256. The van der Waals surface area contributed by atoms with E-state index in [1.165, 1.54) is 12.1 Å². The van der Waals surface area contributed by atoms with Gasteiger partial charge in [0.1, 0.15) is 5.82 Å². The predicted molar refractivity (Wildman–Crippen MR) is 131 cm³/mol. The number of aromatic nitrogens is 1. The van der Waals surface area contributed by atoms with Gasteiger partial charge < -0.3 is 14.8 Å². The Balaban J connectivity index is 1.55. The van der Waals surface area contributed by atoms with Crippen molar-refractivity contribution in [3.8, 4) is 0 Å². The second kappa shape index (κ2) is 10.4. The van der Waals surface area contributed by atoms with Crippen LogP contribution in [-0.2, 0) is 19.6 Å². The van der Waals surface area contributed by atoms with Crippen LogP contribution >= 0.6 is 11.6 Å². The zero-order chi connectivity index (χ0) is 23.2. The average Bonchev–Trinajstić information content (AvgIpc) is 3.24. The summed E-state index contributed by atoms with van der Waals surface area (Å²) in [7, 11) is 0. The number of urea groups is 1. The normalized spacial score (nSPS) is 10.8. The van der Waals surface area contributed by atoms with Crippen LogP contribution in [0.3, 0.4) is 0 Å². The maximum Gasteiger partial charge on any atom is 0.322 e. The summed E-state index contributed by atoms with van der Waals surface area (Å²) in [6.07, 6.45) is 1.97. The number of halogens is 2. The molecule has 0 aliphatic rings. The van der Waals surface area contributed by atoms with Gasteiger partial charge in [0.2, 0.25) is 0 Å². The topological polar surface area (TPSA) is 37.3 Å². The van der Waals surface area contributed by atoms with Crippen LogP contribution in [0.1, 0.15) is 22.4 Å². The lowest BCUT2D eigenvalue weighted by molar-refractivity contribution is 0.205. The third kappa shape index (κ3) is 6.02. The van der Waals surface area contributed by atoms with Crippen molar-refractivity contribution in [2.45, 2.75) is 26.6 Å². The molecule has 33 heavy (non-hydrogen) atoms. The van der Waals surface area contributed by atoms with Crippen LogP contribution in [0.5, 0.6) is 0 Å². The minimum absolute atomic E-state index is 0.215. The van der Waals surface area contributed by atoms with Gasteiger partial charge in [-0.1, -0.05) is 60.1 Å². The minimum Gasteiger partial charge on any atom is -0.345 e. The summed E-state index contributed by atoms with van der Waals surface area (Å²) in [5, 5.41) is 3.58. The van der Waals surface area contributed by atoms with Crippen molar-refractivity contribution < 1.29 is 9.18 Å². The standard InChI is InChI=1S/C27H25ClFN3O/c1-20-9-14-24(16-26(20)28)30-27(33)32(18-21-6-3-2-4-7-21)19-25-8-5-15-31(25)17-22-10-12-23(29)13-11-22/h2-16H,17-19H2,1H3,(H,30,33). The number of rotatable bonds is 7. The summed E-state index contributed by atoms with van der Waals surface area (Å²) in [6, 6.07) is 25.6. The van der Waals surface area contributed by atoms with Gasteiger partial charge in [0.25, 0.3) is 0 Å². The Morgan fingerprint density at radius 1 is 0.939 bits per heavy atom. The number of hydrogen-bond acceptors (Lipinski definition) is 1. The molecule has 0 fully saturated rings. The largest absolute Gasteiger partial charge is 0.345 e. The second-order valence-corrected chi connectivity index (χ2v) is 8.40. The zero-order valence-electron chi connectivity index (χ0n) is 18.3. The molecule has 3 aromatic carbocycles. The molecular weight excluding hydrogens is 437 g/mol. The first-order valence-corrected chi connectivity index (χ1v) is 11.1. The number of nitrogens with one attached hydrogen (secondary N) is 1. The van der Waals surface area contributed by atoms with Crippen LogP contribution in [0.15, 0.2) is 91.1 Å². The molecule has 1 N–H and O–H groups in total. The van der Waals surface area contributed by atoms with E-state index >= 15 is 0 Å². The van der Waals surface area contributed by atoms with E-state index < -0.39 is 0 Å². The van der Waals surface area contributed by atoms with Crippen molar-refractivity contribution in [3.63, 3.8) is 0 Å². The fourth-order valence-corrected chi connectivity index (χ4v) is 3.79. The van der Waals surface area contributed by atoms with Crippen molar-refractivity contribution in [1.29, 1.82) is 0 Å². The molecule has 4 nitrogen and oxygen atoms in total. The molecule has 1 heterocycles. The van der Waals surface area contributed by atoms with E-state index in [2.05, 4.69) is 9.88 Å². The Morgan fingerprint density at radius 3 is 2.42 bits per heavy atom. The molecule has 0 atom stereocenters. The van der Waals surface area contributed by atoms with Gasteiger partial charge in [0, 0.05) is 35.7 Å². The van der Waals surface area contributed by atoms with Gasteiger partial charge in [-0.15, -0.1) is 0 Å². The molecule has 0 saturated heterocycles. The molecule has 168 valence electrons. The van der Waals surface area contributed by atoms with Gasteiger partial charge in [0.05, 0.1) is 6.54 Å². The molecule has 0 radical (unpaired) electrons. The number of nitrogens with zero attached hydrogens (tertiary/aromatic N) is 2. The number of aryl methyl sites for hydroxylation is 1. The number of amides is 2. The fourth-order valence-electron chi connectivity index (χ4n) is 3.61. The number of hydrogen-bond donors (Lipinski definition) is 1. The SMILES string of the molecule is Cc1ccc(NC(=O)N(Cc2ccccc2)Cc2cccn2Cc2ccc(F)cc2)cc1Cl. The first-order valence-electron chi connectivity index (χ1n) is 10.7. The number of benzene rings is 3. The Labute approximate surface area is 198 Å². The summed E-state index contributed by atoms with van der Waals surface area (Å²) in [5.41, 5.74) is 4.60. The Bertz CT molecular complexity index is 1220. The monoisotopic (exact) mass is 461 g/mol. The highest BCUT2D eigenvalue weighted by Gasteiger charge is 2.17. The van der Waals surface area contributed by atoms with Gasteiger partial charge in [-0.3, -0.25) is 0 Å². The lowest BCUT2D eigenvalue weighted by atomic mass is 10.2. The van der Waals surface area contributed by atoms with Gasteiger partial charge in [0.15, 0.2) is 0 Å². The highest BCUT2D eigenvalue weighted by atomic mass is 35.5. The Morgan fingerprint density at radius 2 is 1.70 bits per heavy atom. The highest BCUT2D eigenvalue weighted by Crippen LogP contribution is 2.21. The van der Waals surface area contributed by atoms with Crippen molar-refractivity contribution in [2.75, 3.05) is 5.32 Å². The fraction of sp³-hybridized carbons (Fsp3) is 0.148. The van der Waals surface area contributed by atoms with Crippen molar-refractivity contribution >= 4 is 23.3 Å². The zero-order valence-corrected chi connectivity index (χ0v) is 19.1. The summed E-state index contributed by atoms with van der Waals surface area (Å²) < 4.78 is 15.3. The molecular formula is C27H25ClFN3O. The molecule has 1 aromatic heterocycles. The van der Waals surface area contributed by atoms with Crippen LogP contribution in [0.25, 0.3) is 0 Å². The molecule has 6 heteroatoms. The third-order valence-corrected chi connectivity index (χ3v) is 5.88. The van der Waals surface area contributed by atoms with Crippen LogP contribution in [0, 0.1) is 12.7 Å². The van der Waals surface area contributed by atoms with E-state index in [1.807, 2.05) is 67.7 Å². The van der Waals surface area contributed by atoms with Crippen LogP contribution in [0.2, 0.25) is 5.02 Å². The summed E-state index contributed by atoms with van der Waals surface area (Å²) >= 11 is 6.24. The number of carbonyl (C=O) groups is 1. The average molecular weight is 462 g/mol. The molecule has 0 unspecified atom stereocenters. The van der Waals surface area contributed by atoms with Gasteiger partial charge >= 0.3 is 6.03 Å². The predicted octanol–water partition coefficient (Wildman–Crippen LogP) is 6.87. The molecule has 0 saturated carbocycles. The van der Waals surface area contributed by atoms with E-state index in [4.69, 9.17) is 11.6 Å². The molecule has 0 bridgehead atoms. The summed E-state index contributed by atoms with van der Waals surface area (Å²) in [4.78, 5) is 15.0. The number of anilines is 1. The lowest BCUT2D eigenvalue weighted by Crippen LogP contribution is -2.34. The third-order valence-electron chi connectivity index (χ3n) is 5.47. The highest BCUT2D eigenvalue weighted by molar-refractivity contribution is 6.31. The molecule has 4 aromatic rings. The molecule has 0 aliphatic heterocycles. The van der Waals surface area contributed by atoms with Gasteiger partial charge in [-0.05, 0) is 60.0 Å². The van der Waals surface area contributed by atoms with Crippen LogP contribution in [0.4, 0.5) is 14.9 Å². The second-order valence-electron chi connectivity index (χ2n) is 7.99. The van der Waals surface area contributed by atoms with Crippen molar-refractivity contribution in [2.24, 2.45) is 0 Å². The van der Waals surface area contributed by atoms with Crippen LogP contribution in [-0.4, -0.2) is 15.5 Å². The number of carbonyl (C=O) groups excluding carboxylic acids is 1. The van der Waals surface area contributed by atoms with Crippen molar-refractivity contribution in [1.82, 2.24) is 9.47 Å². The lowest BCUT2D eigenvalue weighted by Gasteiger charge is -2.24. The van der Waals surface area contributed by atoms with Gasteiger partial charge in [-0.25, -0.2) is 9.18 Å². The molecule has 0 aliphatic carbocycles. The first-order chi connectivity index (χ1) is 16.0. The summed E-state index contributed by atoms with van der Waals surface area (Å²) in [6.45, 7) is 3.38. The van der Waals surface area contributed by atoms with E-state index in [0.717, 1.165) is 22.4 Å². The van der Waals surface area contributed by atoms with E-state index in [1.54, 1.807) is 23.1 Å². The van der Waals surface area contributed by atoms with E-state index in [9.17, 15) is 9.18 Å². The molecule has 4 rings (SSSR count). The first kappa shape index (κ1) is 22.6. The van der Waals surface area contributed by atoms with Gasteiger partial charge in [-0.2, -0.15) is 0 Å². The van der Waals surface area contributed by atoms with Crippen molar-refractivity contribution in [3.05, 3.63) is 124 Å². The summed E-state index contributed by atoms with van der Waals surface area (Å²) in [5.74, 6) is -0.256. The van der Waals surface area contributed by atoms with Crippen LogP contribution < -0.4 is 5.32 Å². The molecule has 2 amide bonds. The Hall–Kier alpha value is -3.57. The Kier molecular flexibility index (Phi) is 7.10. The van der Waals surface area contributed by atoms with E-state index in [0.29, 0.717) is 30.3 Å².